The third-order valence-corrected chi connectivity index (χ3v) is 7.51. The second-order valence-corrected chi connectivity index (χ2v) is 9.78. The Balaban J connectivity index is 1.44. The van der Waals surface area contributed by atoms with Crippen molar-refractivity contribution in [3.05, 3.63) is 100 Å². The van der Waals surface area contributed by atoms with Gasteiger partial charge in [-0.1, -0.05) is 65.7 Å². The van der Waals surface area contributed by atoms with Crippen LogP contribution >= 0.6 is 35.0 Å². The largest absolute Gasteiger partial charge is 0.493 e. The summed E-state index contributed by atoms with van der Waals surface area (Å²) >= 11 is 14.3. The Hall–Kier alpha value is -2.86. The monoisotopic (exact) mass is 509 g/mol. The summed E-state index contributed by atoms with van der Waals surface area (Å²) in [4.78, 5) is 14.5. The highest BCUT2D eigenvalue weighted by atomic mass is 35.5. The molecule has 4 aromatic rings. The van der Waals surface area contributed by atoms with E-state index in [4.69, 9.17) is 32.7 Å². The van der Waals surface area contributed by atoms with Crippen LogP contribution in [-0.4, -0.2) is 18.8 Å². The van der Waals surface area contributed by atoms with E-state index < -0.39 is 0 Å². The number of hydrogen-bond acceptors (Lipinski definition) is 4. The zero-order valence-electron chi connectivity index (χ0n) is 18.3. The number of fused-ring (bicyclic) bond motifs is 1. The van der Waals surface area contributed by atoms with E-state index in [1.54, 1.807) is 35.9 Å². The first-order valence-corrected chi connectivity index (χ1v) is 12.5. The molecule has 0 aliphatic carbocycles. The van der Waals surface area contributed by atoms with E-state index in [2.05, 4.69) is 18.2 Å². The van der Waals surface area contributed by atoms with Gasteiger partial charge in [-0.3, -0.25) is 9.69 Å². The van der Waals surface area contributed by atoms with Crippen molar-refractivity contribution in [3.63, 3.8) is 0 Å². The SMILES string of the molecule is COc1cc([C@@H]2SCC(=O)N2c2ccc(Cl)cc2)cc(Cl)c1OCc1cccc2ccccc12. The molecule has 0 bridgehead atoms. The molecule has 1 fully saturated rings. The summed E-state index contributed by atoms with van der Waals surface area (Å²) in [6.45, 7) is 0.352. The number of amides is 1. The molecule has 4 nitrogen and oxygen atoms in total. The molecule has 34 heavy (non-hydrogen) atoms. The van der Waals surface area contributed by atoms with Gasteiger partial charge in [0.15, 0.2) is 11.5 Å². The van der Waals surface area contributed by atoms with Crippen LogP contribution in [0.2, 0.25) is 10.0 Å². The molecule has 4 aromatic carbocycles. The van der Waals surface area contributed by atoms with Gasteiger partial charge >= 0.3 is 0 Å². The third-order valence-electron chi connectivity index (χ3n) is 5.76. The Labute approximate surface area is 212 Å². The molecule has 7 heteroatoms. The van der Waals surface area contributed by atoms with Gasteiger partial charge in [-0.2, -0.15) is 0 Å². The van der Waals surface area contributed by atoms with Crippen molar-refractivity contribution in [2.75, 3.05) is 17.8 Å². The van der Waals surface area contributed by atoms with E-state index in [0.717, 1.165) is 27.6 Å². The van der Waals surface area contributed by atoms with Gasteiger partial charge in [-0.05, 0) is 58.3 Å². The summed E-state index contributed by atoms with van der Waals surface area (Å²) in [7, 11) is 1.59. The number of rotatable bonds is 6. The number of carbonyl (C=O) groups excluding carboxylic acids is 1. The number of nitrogens with zero attached hydrogens (tertiary/aromatic N) is 1. The normalized spacial score (nSPS) is 15.7. The fraction of sp³-hybridized carbons (Fsp3) is 0.148. The van der Waals surface area contributed by atoms with Crippen LogP contribution < -0.4 is 14.4 Å². The van der Waals surface area contributed by atoms with Gasteiger partial charge in [-0.25, -0.2) is 0 Å². The zero-order chi connectivity index (χ0) is 23.7. The van der Waals surface area contributed by atoms with Gasteiger partial charge in [0, 0.05) is 10.7 Å². The standard InChI is InChI=1S/C27H21Cl2NO3S/c1-32-24-14-19(27-30(25(31)16-34-27)21-11-9-20(28)10-12-21)13-23(29)26(24)33-15-18-7-4-6-17-5-2-3-8-22(17)18/h2-14,27H,15-16H2,1H3/t27-/m0/s1. The zero-order valence-corrected chi connectivity index (χ0v) is 20.7. The number of benzene rings is 4. The molecular formula is C27H21Cl2NO3S. The first-order chi connectivity index (χ1) is 16.5. The molecule has 0 spiro atoms. The molecule has 0 saturated carbocycles. The Morgan fingerprint density at radius 3 is 2.56 bits per heavy atom. The molecule has 1 heterocycles. The quantitative estimate of drug-likeness (QED) is 0.269. The first kappa shape index (κ1) is 22.9. The van der Waals surface area contributed by atoms with Gasteiger partial charge in [-0.15, -0.1) is 11.8 Å². The highest BCUT2D eigenvalue weighted by molar-refractivity contribution is 8.00. The topological polar surface area (TPSA) is 38.8 Å². The van der Waals surface area contributed by atoms with E-state index >= 15 is 0 Å². The molecule has 1 aliphatic heterocycles. The molecule has 172 valence electrons. The van der Waals surface area contributed by atoms with Crippen molar-refractivity contribution in [1.82, 2.24) is 0 Å². The Morgan fingerprint density at radius 2 is 1.76 bits per heavy atom. The van der Waals surface area contributed by atoms with Crippen molar-refractivity contribution in [2.24, 2.45) is 0 Å². The minimum atomic E-state index is -0.229. The summed E-state index contributed by atoms with van der Waals surface area (Å²) in [5, 5.41) is 3.12. The summed E-state index contributed by atoms with van der Waals surface area (Å²) in [6.07, 6.45) is 0. The molecule has 0 unspecified atom stereocenters. The van der Waals surface area contributed by atoms with Crippen molar-refractivity contribution >= 4 is 57.3 Å². The van der Waals surface area contributed by atoms with Gasteiger partial charge in [0.1, 0.15) is 12.0 Å². The van der Waals surface area contributed by atoms with Crippen LogP contribution in [0.25, 0.3) is 10.8 Å². The number of ether oxygens (including phenoxy) is 2. The second-order valence-electron chi connectivity index (χ2n) is 7.86. The smallest absolute Gasteiger partial charge is 0.238 e. The molecular weight excluding hydrogens is 489 g/mol. The average molecular weight is 510 g/mol. The minimum Gasteiger partial charge on any atom is -0.493 e. The maximum absolute atomic E-state index is 12.7. The fourth-order valence-electron chi connectivity index (χ4n) is 4.14. The highest BCUT2D eigenvalue weighted by Gasteiger charge is 2.35. The van der Waals surface area contributed by atoms with Gasteiger partial charge in [0.2, 0.25) is 5.91 Å². The number of methoxy groups -OCH3 is 1. The summed E-state index contributed by atoms with van der Waals surface area (Å²) < 4.78 is 11.8. The predicted octanol–water partition coefficient (Wildman–Crippen LogP) is 7.51. The summed E-state index contributed by atoms with van der Waals surface area (Å²) in [6, 6.07) is 25.3. The number of hydrogen-bond donors (Lipinski definition) is 0. The molecule has 1 aliphatic rings. The van der Waals surface area contributed by atoms with Crippen molar-refractivity contribution in [3.8, 4) is 11.5 Å². The Bertz CT molecular complexity index is 1350. The fourth-order valence-corrected chi connectivity index (χ4v) is 5.70. The van der Waals surface area contributed by atoms with Gasteiger partial charge in [0.05, 0.1) is 17.9 Å². The maximum atomic E-state index is 12.7. The van der Waals surface area contributed by atoms with Crippen LogP contribution in [-0.2, 0) is 11.4 Å². The van der Waals surface area contributed by atoms with E-state index in [0.29, 0.717) is 33.9 Å². The lowest BCUT2D eigenvalue weighted by molar-refractivity contribution is -0.115. The lowest BCUT2D eigenvalue weighted by atomic mass is 10.1. The molecule has 0 radical (unpaired) electrons. The Morgan fingerprint density at radius 1 is 1.00 bits per heavy atom. The van der Waals surface area contributed by atoms with Crippen molar-refractivity contribution in [2.45, 2.75) is 12.0 Å². The summed E-state index contributed by atoms with van der Waals surface area (Å²) in [5.74, 6) is 1.42. The van der Waals surface area contributed by atoms with E-state index in [1.165, 1.54) is 0 Å². The predicted molar refractivity (Wildman–Crippen MR) is 140 cm³/mol. The van der Waals surface area contributed by atoms with Crippen molar-refractivity contribution in [1.29, 1.82) is 0 Å². The van der Waals surface area contributed by atoms with Gasteiger partial charge < -0.3 is 9.47 Å². The van der Waals surface area contributed by atoms with Crippen LogP contribution in [0.3, 0.4) is 0 Å². The maximum Gasteiger partial charge on any atom is 0.238 e. The molecule has 1 amide bonds. The van der Waals surface area contributed by atoms with Crippen LogP contribution in [0.5, 0.6) is 11.5 Å². The Kier molecular flexibility index (Phi) is 6.59. The molecule has 0 N–H and O–H groups in total. The molecule has 1 atom stereocenters. The van der Waals surface area contributed by atoms with Crippen LogP contribution in [0.1, 0.15) is 16.5 Å². The van der Waals surface area contributed by atoms with Crippen molar-refractivity contribution < 1.29 is 14.3 Å². The first-order valence-electron chi connectivity index (χ1n) is 10.7. The number of thioether (sulfide) groups is 1. The van der Waals surface area contributed by atoms with Crippen LogP contribution in [0, 0.1) is 0 Å². The number of anilines is 1. The van der Waals surface area contributed by atoms with E-state index in [9.17, 15) is 4.79 Å². The average Bonchev–Trinajstić information content (AvgIpc) is 3.24. The number of carbonyl (C=O) groups is 1. The minimum absolute atomic E-state index is 0.0312. The number of halogens is 2. The van der Waals surface area contributed by atoms with E-state index in [-0.39, 0.29) is 11.3 Å². The van der Waals surface area contributed by atoms with Crippen LogP contribution in [0.4, 0.5) is 5.69 Å². The summed E-state index contributed by atoms with van der Waals surface area (Å²) in [5.41, 5.74) is 2.71. The van der Waals surface area contributed by atoms with Crippen LogP contribution in [0.15, 0.2) is 78.9 Å². The second kappa shape index (κ2) is 9.79. The highest BCUT2D eigenvalue weighted by Crippen LogP contribution is 2.46. The van der Waals surface area contributed by atoms with Gasteiger partial charge in [0.25, 0.3) is 0 Å². The van der Waals surface area contributed by atoms with E-state index in [1.807, 2.05) is 48.5 Å². The lowest BCUT2D eigenvalue weighted by Crippen LogP contribution is -2.27. The molecule has 5 rings (SSSR count). The lowest BCUT2D eigenvalue weighted by Gasteiger charge is -2.25. The molecule has 0 aromatic heterocycles. The third kappa shape index (κ3) is 4.43. The molecule has 1 saturated heterocycles.